The number of aldehydes is 1. The molecule has 0 aliphatic rings. The Bertz CT molecular complexity index is 425. The van der Waals surface area contributed by atoms with Gasteiger partial charge in [-0.2, -0.15) is 0 Å². The van der Waals surface area contributed by atoms with Crippen molar-refractivity contribution in [3.8, 4) is 0 Å². The number of nitrogens with zero attached hydrogens (tertiary/aromatic N) is 1. The minimum absolute atomic E-state index is 0.289. The fraction of sp³-hybridized carbons (Fsp3) is 0.579. The van der Waals surface area contributed by atoms with E-state index in [1.807, 2.05) is 33.0 Å². The summed E-state index contributed by atoms with van der Waals surface area (Å²) in [6, 6.07) is 0. The van der Waals surface area contributed by atoms with E-state index in [9.17, 15) is 9.59 Å². The molecule has 0 saturated heterocycles. The molecule has 1 N–H and O–H groups in total. The Morgan fingerprint density at radius 3 is 2.52 bits per heavy atom. The quantitative estimate of drug-likeness (QED) is 0.230. The number of carbonyl (C=O) groups excluding carboxylic acids is 2. The van der Waals surface area contributed by atoms with Crippen LogP contribution in [0.15, 0.2) is 36.1 Å². The van der Waals surface area contributed by atoms with Crippen LogP contribution < -0.4 is 5.32 Å². The lowest BCUT2D eigenvalue weighted by Gasteiger charge is -2.19. The first-order valence-electron chi connectivity index (χ1n) is 8.47. The average molecular weight is 320 g/mol. The molecule has 0 heterocycles. The monoisotopic (exact) mass is 320 g/mol. The zero-order chi connectivity index (χ0) is 17.5. The van der Waals surface area contributed by atoms with Gasteiger partial charge in [0.15, 0.2) is 0 Å². The summed E-state index contributed by atoms with van der Waals surface area (Å²) in [6.45, 7) is 9.18. The lowest BCUT2D eigenvalue weighted by molar-refractivity contribution is -0.119. The second kappa shape index (κ2) is 13.9. The summed E-state index contributed by atoms with van der Waals surface area (Å²) < 4.78 is 0. The van der Waals surface area contributed by atoms with Crippen LogP contribution in [0, 0.1) is 0 Å². The number of carbonyl (C=O) groups is 2. The number of hydrogen-bond acceptors (Lipinski definition) is 4. The van der Waals surface area contributed by atoms with Gasteiger partial charge in [-0.05, 0) is 32.7 Å². The summed E-state index contributed by atoms with van der Waals surface area (Å²) in [4.78, 5) is 25.0. The van der Waals surface area contributed by atoms with Crippen LogP contribution in [0.1, 0.15) is 52.4 Å². The Morgan fingerprint density at radius 2 is 1.96 bits per heavy atom. The molecule has 0 aliphatic heterocycles. The summed E-state index contributed by atoms with van der Waals surface area (Å²) in [6.07, 6.45) is 10.9. The molecule has 0 bridgehead atoms. The molecule has 4 heteroatoms. The second-order valence-electron chi connectivity index (χ2n) is 5.65. The van der Waals surface area contributed by atoms with Gasteiger partial charge in [0.05, 0.1) is 6.67 Å². The zero-order valence-corrected chi connectivity index (χ0v) is 14.9. The van der Waals surface area contributed by atoms with Crippen molar-refractivity contribution < 1.29 is 9.59 Å². The van der Waals surface area contributed by atoms with Crippen molar-refractivity contribution in [1.82, 2.24) is 10.2 Å². The van der Waals surface area contributed by atoms with E-state index in [1.165, 1.54) is 0 Å². The van der Waals surface area contributed by atoms with Crippen LogP contribution in [0.25, 0.3) is 0 Å². The van der Waals surface area contributed by atoms with Crippen molar-refractivity contribution >= 4 is 12.1 Å². The van der Waals surface area contributed by atoms with E-state index >= 15 is 0 Å². The number of Topliss-reactive ketones (excluding diaryl/α,β-unsaturated/α-hetero) is 1. The lowest BCUT2D eigenvalue weighted by atomic mass is 10.0. The van der Waals surface area contributed by atoms with Crippen LogP contribution in [0.4, 0.5) is 0 Å². The van der Waals surface area contributed by atoms with Crippen LogP contribution in [-0.2, 0) is 9.59 Å². The molecule has 0 spiro atoms. The minimum Gasteiger partial charge on any atom is -0.375 e. The summed E-state index contributed by atoms with van der Waals surface area (Å²) >= 11 is 0. The molecule has 0 saturated carbocycles. The smallest absolute Gasteiger partial charge is 0.147 e. The van der Waals surface area contributed by atoms with Gasteiger partial charge in [-0.3, -0.25) is 14.5 Å². The molecular formula is C19H32N2O2. The predicted octanol–water partition coefficient (Wildman–Crippen LogP) is 3.61. The molecule has 0 radical (unpaired) electrons. The first kappa shape index (κ1) is 21.3. The highest BCUT2D eigenvalue weighted by Gasteiger charge is 2.07. The topological polar surface area (TPSA) is 49.4 Å². The predicted molar refractivity (Wildman–Crippen MR) is 97.1 cm³/mol. The van der Waals surface area contributed by atoms with Crippen molar-refractivity contribution in [3.63, 3.8) is 0 Å². The molecule has 0 aliphatic carbocycles. The molecule has 23 heavy (non-hydrogen) atoms. The molecule has 0 aromatic rings. The fourth-order valence-corrected chi connectivity index (χ4v) is 2.26. The fourth-order valence-electron chi connectivity index (χ4n) is 2.26. The third-order valence-electron chi connectivity index (χ3n) is 3.57. The van der Waals surface area contributed by atoms with Gasteiger partial charge in [-0.25, -0.2) is 0 Å². The highest BCUT2D eigenvalue weighted by atomic mass is 16.1. The molecule has 0 rings (SSSR count). The van der Waals surface area contributed by atoms with Crippen molar-refractivity contribution in [3.05, 3.63) is 36.1 Å². The number of rotatable bonds is 14. The first-order valence-corrected chi connectivity index (χ1v) is 8.47. The Balaban J connectivity index is 4.43. The molecule has 0 aromatic carbocycles. The molecule has 0 fully saturated rings. The zero-order valence-electron chi connectivity index (χ0n) is 14.9. The van der Waals surface area contributed by atoms with E-state index < -0.39 is 0 Å². The van der Waals surface area contributed by atoms with Crippen LogP contribution in [0.2, 0.25) is 0 Å². The Kier molecular flexibility index (Phi) is 12.9. The normalized spacial score (nSPS) is 12.3. The highest BCUT2D eigenvalue weighted by Crippen LogP contribution is 2.13. The van der Waals surface area contributed by atoms with Gasteiger partial charge < -0.3 is 5.32 Å². The highest BCUT2D eigenvalue weighted by molar-refractivity contribution is 5.78. The summed E-state index contributed by atoms with van der Waals surface area (Å²) in [5.41, 5.74) is 1.76. The van der Waals surface area contributed by atoms with Crippen LogP contribution in [0.3, 0.4) is 0 Å². The summed E-state index contributed by atoms with van der Waals surface area (Å²) in [7, 11) is 2.01. The van der Waals surface area contributed by atoms with Crippen molar-refractivity contribution in [1.29, 1.82) is 0 Å². The van der Waals surface area contributed by atoms with Gasteiger partial charge in [-0.1, -0.05) is 38.7 Å². The first-order chi connectivity index (χ1) is 11.1. The van der Waals surface area contributed by atoms with E-state index in [1.54, 1.807) is 6.08 Å². The van der Waals surface area contributed by atoms with Gasteiger partial charge >= 0.3 is 0 Å². The van der Waals surface area contributed by atoms with Crippen molar-refractivity contribution in [2.75, 3.05) is 20.3 Å². The van der Waals surface area contributed by atoms with Crippen molar-refractivity contribution in [2.24, 2.45) is 0 Å². The average Bonchev–Trinajstić information content (AvgIpc) is 2.54. The third kappa shape index (κ3) is 10.6. The van der Waals surface area contributed by atoms with E-state index in [2.05, 4.69) is 16.8 Å². The second-order valence-corrected chi connectivity index (χ2v) is 5.65. The number of nitrogens with one attached hydrogen (secondary N) is 1. The maximum atomic E-state index is 11.6. The molecule has 4 nitrogen and oxygen atoms in total. The number of allylic oxidation sites excluding steroid dienone is 4. The standard InChI is InChI=1S/C19H32N2O2/c1-5-8-9-14-21(4)16-20-19(7-3)17(15-22)12-10-13-18(23)11-6-2/h5,8-9,15,20H,1,6-7,10-14,16H2,2-4H3/b9-8+,19-17-. The Morgan fingerprint density at radius 1 is 1.22 bits per heavy atom. The van der Waals surface area contributed by atoms with Crippen molar-refractivity contribution in [2.45, 2.75) is 52.4 Å². The van der Waals surface area contributed by atoms with Gasteiger partial charge in [-0.15, -0.1) is 0 Å². The van der Waals surface area contributed by atoms with Crippen LogP contribution >= 0.6 is 0 Å². The molecule has 0 amide bonds. The minimum atomic E-state index is 0.289. The molecule has 0 aromatic heterocycles. The lowest BCUT2D eigenvalue weighted by Crippen LogP contribution is -2.31. The number of ketones is 1. The van der Waals surface area contributed by atoms with E-state index in [0.29, 0.717) is 25.9 Å². The molecular weight excluding hydrogens is 288 g/mol. The van der Waals surface area contributed by atoms with Gasteiger partial charge in [0.25, 0.3) is 0 Å². The third-order valence-corrected chi connectivity index (χ3v) is 3.57. The molecule has 130 valence electrons. The maximum Gasteiger partial charge on any atom is 0.147 e. The number of likely N-dealkylation sites (N-methyl/N-ethyl adjacent to an activating group) is 1. The Hall–Kier alpha value is -1.68. The van der Waals surface area contributed by atoms with E-state index in [-0.39, 0.29) is 5.78 Å². The summed E-state index contributed by atoms with van der Waals surface area (Å²) in [5.74, 6) is 0.289. The molecule has 0 unspecified atom stereocenters. The summed E-state index contributed by atoms with van der Waals surface area (Å²) in [5, 5.41) is 3.34. The Labute approximate surface area is 141 Å². The largest absolute Gasteiger partial charge is 0.375 e. The van der Waals surface area contributed by atoms with Gasteiger partial charge in [0, 0.05) is 30.7 Å². The van der Waals surface area contributed by atoms with Gasteiger partial charge in [0.2, 0.25) is 0 Å². The number of hydrogen-bond donors (Lipinski definition) is 1. The maximum absolute atomic E-state index is 11.6. The van der Waals surface area contributed by atoms with E-state index in [0.717, 1.165) is 43.4 Å². The van der Waals surface area contributed by atoms with E-state index in [4.69, 9.17) is 0 Å². The van der Waals surface area contributed by atoms with Crippen LogP contribution in [0.5, 0.6) is 0 Å². The van der Waals surface area contributed by atoms with Crippen LogP contribution in [-0.4, -0.2) is 37.2 Å². The molecule has 0 atom stereocenters. The van der Waals surface area contributed by atoms with Gasteiger partial charge in [0.1, 0.15) is 12.1 Å². The SMILES string of the molecule is C=C/C=C/CN(C)CN/C(CC)=C(\C=O)CCCC(=O)CCC.